The van der Waals surface area contributed by atoms with Gasteiger partial charge in [-0.1, -0.05) is 18.2 Å². The molecule has 0 fully saturated rings. The molecule has 0 atom stereocenters. The van der Waals surface area contributed by atoms with E-state index < -0.39 is 11.8 Å². The summed E-state index contributed by atoms with van der Waals surface area (Å²) >= 11 is 0. The summed E-state index contributed by atoms with van der Waals surface area (Å²) in [7, 11) is 0. The smallest absolute Gasteiger partial charge is 0.338 e. The molecule has 0 saturated heterocycles. The van der Waals surface area contributed by atoms with Crippen molar-refractivity contribution in [3.05, 3.63) is 41.2 Å². The number of benzene rings is 1. The van der Waals surface area contributed by atoms with Crippen LogP contribution in [0.25, 0.3) is 6.08 Å². The van der Waals surface area contributed by atoms with E-state index in [9.17, 15) is 14.0 Å². The molecule has 0 aliphatic rings. The van der Waals surface area contributed by atoms with Crippen molar-refractivity contribution in [2.24, 2.45) is 0 Å². The monoisotopic (exact) mass is 251 g/mol. The van der Waals surface area contributed by atoms with E-state index in [1.807, 2.05) is 0 Å². The summed E-state index contributed by atoms with van der Waals surface area (Å²) in [6.45, 7) is 1.95. The molecular weight excluding hydrogens is 237 g/mol. The normalized spacial score (nSPS) is 10.6. The molecule has 0 aliphatic carbocycles. The molecule has 96 valence electrons. The maximum Gasteiger partial charge on any atom is 0.338 e. The molecule has 0 aliphatic heterocycles. The van der Waals surface area contributed by atoms with Crippen molar-refractivity contribution in [1.82, 2.24) is 5.32 Å². The van der Waals surface area contributed by atoms with E-state index in [2.05, 4.69) is 5.32 Å². The predicted molar refractivity (Wildman–Crippen MR) is 65.7 cm³/mol. The summed E-state index contributed by atoms with van der Waals surface area (Å²) in [6, 6.07) is 3.92. The average Bonchev–Trinajstić information content (AvgIpc) is 2.27. The Labute approximate surface area is 104 Å². The van der Waals surface area contributed by atoms with Gasteiger partial charge in [0.25, 0.3) is 0 Å². The second kappa shape index (κ2) is 6.54. The Bertz CT molecular complexity index is 483. The van der Waals surface area contributed by atoms with Gasteiger partial charge in [-0.25, -0.2) is 9.18 Å². The molecule has 0 radical (unpaired) electrons. The number of carboxylic acids is 1. The van der Waals surface area contributed by atoms with Crippen LogP contribution in [0.1, 0.15) is 29.3 Å². The molecule has 1 amide bonds. The van der Waals surface area contributed by atoms with Crippen LogP contribution in [-0.4, -0.2) is 23.5 Å². The Morgan fingerprint density at radius 1 is 1.44 bits per heavy atom. The average molecular weight is 251 g/mol. The van der Waals surface area contributed by atoms with Crippen molar-refractivity contribution in [3.63, 3.8) is 0 Å². The van der Waals surface area contributed by atoms with E-state index in [-0.39, 0.29) is 11.5 Å². The number of amides is 1. The van der Waals surface area contributed by atoms with E-state index in [1.165, 1.54) is 25.1 Å². The Balaban J connectivity index is 2.58. The van der Waals surface area contributed by atoms with Crippen LogP contribution in [0.2, 0.25) is 0 Å². The number of rotatable bonds is 5. The zero-order chi connectivity index (χ0) is 13.5. The van der Waals surface area contributed by atoms with Gasteiger partial charge in [0.1, 0.15) is 5.82 Å². The molecule has 4 nitrogen and oxygen atoms in total. The van der Waals surface area contributed by atoms with Gasteiger partial charge in [0.15, 0.2) is 0 Å². The maximum atomic E-state index is 13.3. The number of carboxylic acid groups (broad SMARTS) is 1. The van der Waals surface area contributed by atoms with E-state index in [0.29, 0.717) is 18.5 Å². The van der Waals surface area contributed by atoms with Crippen LogP contribution in [0.5, 0.6) is 0 Å². The Kier molecular flexibility index (Phi) is 5.05. The lowest BCUT2D eigenvalue weighted by atomic mass is 10.1. The first-order valence-electron chi connectivity index (χ1n) is 5.44. The van der Waals surface area contributed by atoms with Crippen molar-refractivity contribution in [3.8, 4) is 0 Å². The van der Waals surface area contributed by atoms with Gasteiger partial charge < -0.3 is 10.4 Å². The van der Waals surface area contributed by atoms with Gasteiger partial charge in [0.2, 0.25) is 5.91 Å². The van der Waals surface area contributed by atoms with Gasteiger partial charge in [-0.05, 0) is 24.1 Å². The number of carbonyl (C=O) groups excluding carboxylic acids is 1. The minimum absolute atomic E-state index is 0.0970. The number of hydrogen-bond donors (Lipinski definition) is 2. The van der Waals surface area contributed by atoms with Crippen molar-refractivity contribution in [2.45, 2.75) is 13.3 Å². The molecule has 0 aromatic heterocycles. The summed E-state index contributed by atoms with van der Waals surface area (Å²) in [5, 5.41) is 11.3. The molecule has 0 spiro atoms. The minimum Gasteiger partial charge on any atom is -0.478 e. The highest BCUT2D eigenvalue weighted by molar-refractivity contribution is 5.88. The number of aromatic carboxylic acids is 1. The van der Waals surface area contributed by atoms with Gasteiger partial charge >= 0.3 is 5.97 Å². The van der Waals surface area contributed by atoms with Crippen molar-refractivity contribution < 1.29 is 19.1 Å². The fraction of sp³-hybridized carbons (Fsp3) is 0.231. The summed E-state index contributed by atoms with van der Waals surface area (Å²) in [6.07, 6.45) is 4.09. The fourth-order valence-electron chi connectivity index (χ4n) is 1.36. The summed E-state index contributed by atoms with van der Waals surface area (Å²) < 4.78 is 13.3. The van der Waals surface area contributed by atoms with Crippen LogP contribution >= 0.6 is 0 Å². The molecule has 0 bridgehead atoms. The highest BCUT2D eigenvalue weighted by Crippen LogP contribution is 2.12. The standard InChI is InChI=1S/C13H14FNO3/c1-9(16)15-7-3-2-4-10-5-6-11(13(17)18)12(14)8-10/h2,4-6,8H,3,7H2,1H3,(H,15,16)(H,17,18). The van der Waals surface area contributed by atoms with E-state index in [4.69, 9.17) is 5.11 Å². The summed E-state index contributed by atoms with van der Waals surface area (Å²) in [5.74, 6) is -2.14. The maximum absolute atomic E-state index is 13.3. The molecule has 0 saturated carbocycles. The van der Waals surface area contributed by atoms with Gasteiger partial charge in [-0.3, -0.25) is 4.79 Å². The van der Waals surface area contributed by atoms with Gasteiger partial charge in [0, 0.05) is 13.5 Å². The van der Waals surface area contributed by atoms with Crippen molar-refractivity contribution >= 4 is 18.0 Å². The van der Waals surface area contributed by atoms with Gasteiger partial charge in [-0.15, -0.1) is 0 Å². The number of carbonyl (C=O) groups is 2. The van der Waals surface area contributed by atoms with Gasteiger partial charge in [-0.2, -0.15) is 0 Å². The molecule has 1 aromatic carbocycles. The van der Waals surface area contributed by atoms with Crippen LogP contribution in [0.4, 0.5) is 4.39 Å². The molecule has 0 unspecified atom stereocenters. The molecule has 2 N–H and O–H groups in total. The molecule has 18 heavy (non-hydrogen) atoms. The first-order chi connectivity index (χ1) is 8.50. The first kappa shape index (κ1) is 13.9. The summed E-state index contributed by atoms with van der Waals surface area (Å²) in [4.78, 5) is 21.2. The quantitative estimate of drug-likeness (QED) is 0.787. The van der Waals surface area contributed by atoms with Crippen molar-refractivity contribution in [2.75, 3.05) is 6.54 Å². The van der Waals surface area contributed by atoms with Crippen molar-refractivity contribution in [1.29, 1.82) is 0 Å². The highest BCUT2D eigenvalue weighted by atomic mass is 19.1. The van der Waals surface area contributed by atoms with Crippen LogP contribution in [-0.2, 0) is 4.79 Å². The third-order valence-electron chi connectivity index (χ3n) is 2.22. The lowest BCUT2D eigenvalue weighted by Gasteiger charge is -1.99. The number of halogens is 1. The summed E-state index contributed by atoms with van der Waals surface area (Å²) in [5.41, 5.74) is 0.241. The largest absolute Gasteiger partial charge is 0.478 e. The Morgan fingerprint density at radius 2 is 2.17 bits per heavy atom. The third-order valence-corrected chi connectivity index (χ3v) is 2.22. The zero-order valence-corrected chi connectivity index (χ0v) is 9.94. The van der Waals surface area contributed by atoms with E-state index in [1.54, 1.807) is 12.2 Å². The fourth-order valence-corrected chi connectivity index (χ4v) is 1.36. The molecule has 0 heterocycles. The highest BCUT2D eigenvalue weighted by Gasteiger charge is 2.08. The number of nitrogens with one attached hydrogen (secondary N) is 1. The molecule has 5 heteroatoms. The lowest BCUT2D eigenvalue weighted by molar-refractivity contribution is -0.118. The number of hydrogen-bond acceptors (Lipinski definition) is 2. The molecular formula is C13H14FNO3. The van der Waals surface area contributed by atoms with Crippen LogP contribution < -0.4 is 5.32 Å². The lowest BCUT2D eigenvalue weighted by Crippen LogP contribution is -2.20. The second-order valence-electron chi connectivity index (χ2n) is 3.72. The Hall–Kier alpha value is -2.17. The van der Waals surface area contributed by atoms with Gasteiger partial charge in [0.05, 0.1) is 5.56 Å². The SMILES string of the molecule is CC(=O)NCCC=Cc1ccc(C(=O)O)c(F)c1. The van der Waals surface area contributed by atoms with E-state index >= 15 is 0 Å². The van der Waals surface area contributed by atoms with E-state index in [0.717, 1.165) is 0 Å². The second-order valence-corrected chi connectivity index (χ2v) is 3.72. The topological polar surface area (TPSA) is 66.4 Å². The zero-order valence-electron chi connectivity index (χ0n) is 9.94. The molecule has 1 aromatic rings. The van der Waals surface area contributed by atoms with Crippen LogP contribution in [0.3, 0.4) is 0 Å². The van der Waals surface area contributed by atoms with Crippen LogP contribution in [0.15, 0.2) is 24.3 Å². The molecule has 1 rings (SSSR count). The predicted octanol–water partition coefficient (Wildman–Crippen LogP) is 2.06. The minimum atomic E-state index is -1.28. The van der Waals surface area contributed by atoms with Crippen LogP contribution in [0, 0.1) is 5.82 Å². The Morgan fingerprint density at radius 3 is 2.72 bits per heavy atom. The first-order valence-corrected chi connectivity index (χ1v) is 5.44. The third kappa shape index (κ3) is 4.37.